The van der Waals surface area contributed by atoms with Gasteiger partial charge < -0.3 is 16.2 Å². The van der Waals surface area contributed by atoms with Crippen molar-refractivity contribution in [1.82, 2.24) is 9.78 Å². The third-order valence-corrected chi connectivity index (χ3v) is 2.73. The molecule has 6 nitrogen and oxygen atoms in total. The average molecular weight is 260 g/mol. The van der Waals surface area contributed by atoms with Crippen LogP contribution in [0.4, 0.5) is 0 Å². The summed E-state index contributed by atoms with van der Waals surface area (Å²) in [6.45, 7) is 0.337. The summed E-state index contributed by atoms with van der Waals surface area (Å²) in [5.74, 6) is 0.165. The van der Waals surface area contributed by atoms with Gasteiger partial charge in [-0.25, -0.2) is 0 Å². The normalized spacial score (nSPS) is 12.1. The summed E-state index contributed by atoms with van der Waals surface area (Å²) in [6, 6.07) is 6.63. The minimum absolute atomic E-state index is 0.270. The van der Waals surface area contributed by atoms with E-state index >= 15 is 0 Å². The Bertz CT molecular complexity index is 562. The van der Waals surface area contributed by atoms with E-state index in [9.17, 15) is 4.79 Å². The zero-order chi connectivity index (χ0) is 13.8. The van der Waals surface area contributed by atoms with Crippen LogP contribution in [0.15, 0.2) is 36.7 Å². The van der Waals surface area contributed by atoms with Crippen LogP contribution >= 0.6 is 0 Å². The first-order valence-electron chi connectivity index (χ1n) is 5.85. The van der Waals surface area contributed by atoms with Gasteiger partial charge in [0, 0.05) is 30.9 Å². The van der Waals surface area contributed by atoms with Crippen molar-refractivity contribution in [3.63, 3.8) is 0 Å². The second-order valence-electron chi connectivity index (χ2n) is 4.18. The Hall–Kier alpha value is -2.34. The average Bonchev–Trinajstić information content (AvgIpc) is 2.83. The monoisotopic (exact) mass is 260 g/mol. The van der Waals surface area contributed by atoms with Gasteiger partial charge in [-0.1, -0.05) is 0 Å². The molecule has 0 saturated heterocycles. The fourth-order valence-electron chi connectivity index (χ4n) is 1.72. The highest BCUT2D eigenvalue weighted by atomic mass is 16.5. The SMILES string of the molecule is Cn1cc(C(CN)Oc2ccc(C(N)=O)cc2)cn1. The van der Waals surface area contributed by atoms with Crippen molar-refractivity contribution >= 4 is 5.91 Å². The van der Waals surface area contributed by atoms with Crippen LogP contribution < -0.4 is 16.2 Å². The molecule has 1 atom stereocenters. The molecule has 0 aliphatic heterocycles. The van der Waals surface area contributed by atoms with Crippen molar-refractivity contribution < 1.29 is 9.53 Å². The fourth-order valence-corrected chi connectivity index (χ4v) is 1.72. The van der Waals surface area contributed by atoms with Gasteiger partial charge >= 0.3 is 0 Å². The number of rotatable bonds is 5. The molecule has 0 radical (unpaired) electrons. The Morgan fingerprint density at radius 1 is 1.42 bits per heavy atom. The number of primary amides is 1. The van der Waals surface area contributed by atoms with E-state index < -0.39 is 5.91 Å². The van der Waals surface area contributed by atoms with Gasteiger partial charge in [0.05, 0.1) is 6.20 Å². The Kier molecular flexibility index (Phi) is 3.82. The Morgan fingerprint density at radius 3 is 2.58 bits per heavy atom. The van der Waals surface area contributed by atoms with Crippen molar-refractivity contribution in [2.24, 2.45) is 18.5 Å². The molecule has 1 aromatic heterocycles. The maximum Gasteiger partial charge on any atom is 0.248 e. The lowest BCUT2D eigenvalue weighted by atomic mass is 10.2. The number of carbonyl (C=O) groups excluding carboxylic acids is 1. The molecule has 4 N–H and O–H groups in total. The summed E-state index contributed by atoms with van der Waals surface area (Å²) >= 11 is 0. The zero-order valence-corrected chi connectivity index (χ0v) is 10.6. The topological polar surface area (TPSA) is 96.2 Å². The number of amides is 1. The number of benzene rings is 1. The largest absolute Gasteiger partial charge is 0.484 e. The summed E-state index contributed by atoms with van der Waals surface area (Å²) in [7, 11) is 1.83. The molecule has 2 aromatic rings. The summed E-state index contributed by atoms with van der Waals surface area (Å²) in [6.07, 6.45) is 3.30. The minimum atomic E-state index is -0.464. The molecule has 2 rings (SSSR count). The minimum Gasteiger partial charge on any atom is -0.484 e. The van der Waals surface area contributed by atoms with Gasteiger partial charge in [-0.15, -0.1) is 0 Å². The van der Waals surface area contributed by atoms with E-state index in [1.54, 1.807) is 35.1 Å². The van der Waals surface area contributed by atoms with Crippen molar-refractivity contribution in [2.45, 2.75) is 6.10 Å². The van der Waals surface area contributed by atoms with Crippen LogP contribution in [0.2, 0.25) is 0 Å². The number of aromatic nitrogens is 2. The number of carbonyl (C=O) groups is 1. The van der Waals surface area contributed by atoms with Gasteiger partial charge in [0.2, 0.25) is 5.91 Å². The molecule has 0 bridgehead atoms. The number of nitrogens with two attached hydrogens (primary N) is 2. The smallest absolute Gasteiger partial charge is 0.248 e. The van der Waals surface area contributed by atoms with Crippen LogP contribution in [0.1, 0.15) is 22.0 Å². The van der Waals surface area contributed by atoms with E-state index in [1.807, 2.05) is 13.2 Å². The lowest BCUT2D eigenvalue weighted by molar-refractivity contribution is 0.1000. The Labute approximate surface area is 111 Å². The second kappa shape index (κ2) is 5.53. The summed E-state index contributed by atoms with van der Waals surface area (Å²) < 4.78 is 7.46. The quantitative estimate of drug-likeness (QED) is 0.822. The van der Waals surface area contributed by atoms with Crippen molar-refractivity contribution in [3.8, 4) is 5.75 Å². The van der Waals surface area contributed by atoms with Crippen LogP contribution in [0, 0.1) is 0 Å². The summed E-state index contributed by atoms with van der Waals surface area (Å²) in [5.41, 5.74) is 12.2. The van der Waals surface area contributed by atoms with E-state index in [0.717, 1.165) is 5.56 Å². The molecule has 0 aliphatic carbocycles. The molecule has 0 saturated carbocycles. The van der Waals surface area contributed by atoms with Gasteiger partial charge in [-0.2, -0.15) is 5.10 Å². The molecule has 0 aliphatic rings. The molecule has 19 heavy (non-hydrogen) atoms. The first-order chi connectivity index (χ1) is 9.10. The number of aryl methyl sites for hydroxylation is 1. The first kappa shape index (κ1) is 13.1. The Morgan fingerprint density at radius 2 is 2.11 bits per heavy atom. The molecule has 0 spiro atoms. The third kappa shape index (κ3) is 3.11. The third-order valence-electron chi connectivity index (χ3n) is 2.73. The van der Waals surface area contributed by atoms with Crippen LogP contribution in [0.25, 0.3) is 0 Å². The van der Waals surface area contributed by atoms with Crippen LogP contribution in [-0.2, 0) is 7.05 Å². The highest BCUT2D eigenvalue weighted by molar-refractivity contribution is 5.92. The number of ether oxygens (including phenoxy) is 1. The second-order valence-corrected chi connectivity index (χ2v) is 4.18. The molecule has 1 amide bonds. The lowest BCUT2D eigenvalue weighted by Gasteiger charge is -2.16. The van der Waals surface area contributed by atoms with E-state index in [4.69, 9.17) is 16.2 Å². The summed E-state index contributed by atoms with van der Waals surface area (Å²) in [4.78, 5) is 11.0. The van der Waals surface area contributed by atoms with E-state index in [-0.39, 0.29) is 6.10 Å². The highest BCUT2D eigenvalue weighted by Gasteiger charge is 2.13. The molecular formula is C13H16N4O2. The molecule has 100 valence electrons. The Balaban J connectivity index is 2.12. The number of nitrogens with zero attached hydrogens (tertiary/aromatic N) is 2. The van der Waals surface area contributed by atoms with Gasteiger partial charge in [-0.3, -0.25) is 9.48 Å². The highest BCUT2D eigenvalue weighted by Crippen LogP contribution is 2.21. The lowest BCUT2D eigenvalue weighted by Crippen LogP contribution is -2.18. The maximum atomic E-state index is 11.0. The molecule has 1 unspecified atom stereocenters. The van der Waals surface area contributed by atoms with Gasteiger partial charge in [0.1, 0.15) is 11.9 Å². The van der Waals surface area contributed by atoms with Crippen LogP contribution in [0.3, 0.4) is 0 Å². The number of hydrogen-bond acceptors (Lipinski definition) is 4. The fraction of sp³-hybridized carbons (Fsp3) is 0.231. The maximum absolute atomic E-state index is 11.0. The zero-order valence-electron chi connectivity index (χ0n) is 10.6. The van der Waals surface area contributed by atoms with E-state index in [2.05, 4.69) is 5.10 Å². The van der Waals surface area contributed by atoms with Gasteiger partial charge in [0.25, 0.3) is 0 Å². The van der Waals surface area contributed by atoms with E-state index in [1.165, 1.54) is 0 Å². The van der Waals surface area contributed by atoms with E-state index in [0.29, 0.717) is 17.9 Å². The summed E-state index contributed by atoms with van der Waals surface area (Å²) in [5, 5.41) is 4.08. The predicted octanol–water partition coefficient (Wildman–Crippen LogP) is 0.598. The molecule has 0 fully saturated rings. The molecule has 6 heteroatoms. The van der Waals surface area contributed by atoms with Crippen molar-refractivity contribution in [3.05, 3.63) is 47.8 Å². The number of hydrogen-bond donors (Lipinski definition) is 2. The predicted molar refractivity (Wildman–Crippen MR) is 70.6 cm³/mol. The standard InChI is InChI=1S/C13H16N4O2/c1-17-8-10(7-16-17)12(6-14)19-11-4-2-9(3-5-11)13(15)18/h2-5,7-8,12H,6,14H2,1H3,(H2,15,18). The van der Waals surface area contributed by atoms with Crippen molar-refractivity contribution in [1.29, 1.82) is 0 Å². The molecule has 1 heterocycles. The first-order valence-corrected chi connectivity index (χ1v) is 5.85. The van der Waals surface area contributed by atoms with Crippen molar-refractivity contribution in [2.75, 3.05) is 6.54 Å². The molecular weight excluding hydrogens is 244 g/mol. The van der Waals surface area contributed by atoms with Crippen LogP contribution in [0.5, 0.6) is 5.75 Å². The molecule has 1 aromatic carbocycles. The van der Waals surface area contributed by atoms with Gasteiger partial charge in [-0.05, 0) is 24.3 Å². The van der Waals surface area contributed by atoms with Gasteiger partial charge in [0.15, 0.2) is 0 Å². The van der Waals surface area contributed by atoms with Crippen LogP contribution in [-0.4, -0.2) is 22.2 Å².